The lowest BCUT2D eigenvalue weighted by Crippen LogP contribution is -2.29. The van der Waals surface area contributed by atoms with E-state index in [4.69, 9.17) is 0 Å². The molecule has 1 fully saturated rings. The van der Waals surface area contributed by atoms with Crippen molar-refractivity contribution in [3.63, 3.8) is 0 Å². The molecule has 0 radical (unpaired) electrons. The zero-order valence-electron chi connectivity index (χ0n) is 17.1. The minimum Gasteiger partial charge on any atom is -0.872 e. The van der Waals surface area contributed by atoms with E-state index in [-0.39, 0.29) is 23.4 Å². The number of non-ortho nitro benzene ring substituents is 1. The molecule has 1 aromatic heterocycles. The summed E-state index contributed by atoms with van der Waals surface area (Å²) in [7, 11) is 0. The molecule has 8 heteroatoms. The molecule has 1 amide bonds. The van der Waals surface area contributed by atoms with Gasteiger partial charge in [0.05, 0.1) is 17.5 Å². The quantitative estimate of drug-likeness (QED) is 0.202. The van der Waals surface area contributed by atoms with Gasteiger partial charge in [0.15, 0.2) is 12.4 Å². The summed E-state index contributed by atoms with van der Waals surface area (Å²) in [5, 5.41) is 24.7. The van der Waals surface area contributed by atoms with E-state index in [2.05, 4.69) is 4.98 Å². The minimum absolute atomic E-state index is 0.0555. The van der Waals surface area contributed by atoms with Crippen molar-refractivity contribution in [1.29, 1.82) is 0 Å². The van der Waals surface area contributed by atoms with E-state index in [1.807, 2.05) is 6.92 Å². The molecule has 2 heterocycles. The number of aromatic amines is 1. The van der Waals surface area contributed by atoms with Gasteiger partial charge in [-0.25, -0.2) is 4.98 Å². The second kappa shape index (κ2) is 8.43. The summed E-state index contributed by atoms with van der Waals surface area (Å²) in [5.41, 5.74) is 1.86. The van der Waals surface area contributed by atoms with Gasteiger partial charge in [0.1, 0.15) is 0 Å². The second-order valence-electron chi connectivity index (χ2n) is 7.54. The van der Waals surface area contributed by atoms with E-state index in [0.717, 1.165) is 5.56 Å². The average Bonchev–Trinajstić information content (AvgIpc) is 3.05. The van der Waals surface area contributed by atoms with Gasteiger partial charge in [0, 0.05) is 29.3 Å². The molecule has 2 aromatic carbocycles. The van der Waals surface area contributed by atoms with E-state index in [1.54, 1.807) is 54.9 Å². The maximum atomic E-state index is 13.3. The van der Waals surface area contributed by atoms with Gasteiger partial charge in [-0.3, -0.25) is 19.7 Å². The molecule has 0 bridgehead atoms. The predicted octanol–water partition coefficient (Wildman–Crippen LogP) is 2.14. The van der Waals surface area contributed by atoms with Crippen molar-refractivity contribution in [3.8, 4) is 0 Å². The highest BCUT2D eigenvalue weighted by Crippen LogP contribution is 2.40. The number of nitrogens with one attached hydrogen (secondary N) is 1. The molecule has 1 aliphatic rings. The van der Waals surface area contributed by atoms with Crippen LogP contribution in [-0.2, 0) is 16.1 Å². The molecule has 0 aliphatic carbocycles. The third-order valence-corrected chi connectivity index (χ3v) is 5.36. The number of hydrogen-bond acceptors (Lipinski definition) is 5. The molecule has 4 rings (SSSR count). The first kappa shape index (κ1) is 20.9. The molecule has 8 nitrogen and oxygen atoms in total. The Bertz CT molecular complexity index is 1240. The van der Waals surface area contributed by atoms with Crippen LogP contribution in [0.15, 0.2) is 78.6 Å². The number of nitro benzene ring substituents is 1. The van der Waals surface area contributed by atoms with Gasteiger partial charge in [-0.05, 0) is 24.1 Å². The van der Waals surface area contributed by atoms with Crippen molar-refractivity contribution in [2.75, 3.05) is 0 Å². The predicted molar refractivity (Wildman–Crippen MR) is 112 cm³/mol. The number of carbonyl (C=O) groups is 2. The fraction of sp³-hybridized carbons (Fsp3) is 0.125. The molecule has 1 N–H and O–H groups in total. The lowest BCUT2D eigenvalue weighted by Gasteiger charge is -2.27. The number of amides is 1. The molecular weight excluding hydrogens is 410 g/mol. The Labute approximate surface area is 183 Å². The number of H-pyrrole nitrogens is 1. The summed E-state index contributed by atoms with van der Waals surface area (Å²) in [5.74, 6) is -2.28. The van der Waals surface area contributed by atoms with Crippen LogP contribution in [0.5, 0.6) is 0 Å². The molecule has 32 heavy (non-hydrogen) atoms. The van der Waals surface area contributed by atoms with E-state index in [9.17, 15) is 24.8 Å². The summed E-state index contributed by atoms with van der Waals surface area (Å²) in [6, 6.07) is 14.8. The van der Waals surface area contributed by atoms with E-state index in [0.29, 0.717) is 11.1 Å². The van der Waals surface area contributed by atoms with Crippen LogP contribution in [0.2, 0.25) is 0 Å². The number of aromatic nitrogens is 1. The zero-order valence-corrected chi connectivity index (χ0v) is 17.1. The zero-order chi connectivity index (χ0) is 22.8. The smallest absolute Gasteiger partial charge is 0.295 e. The maximum Gasteiger partial charge on any atom is 0.295 e. The van der Waals surface area contributed by atoms with Gasteiger partial charge in [-0.2, -0.15) is 0 Å². The topological polar surface area (TPSA) is 118 Å². The number of hydrogen-bond donors (Lipinski definition) is 0. The van der Waals surface area contributed by atoms with Crippen molar-refractivity contribution in [1.82, 2.24) is 4.90 Å². The number of aryl methyl sites for hydroxylation is 1. The molecule has 1 saturated heterocycles. The van der Waals surface area contributed by atoms with Crippen LogP contribution in [0.25, 0.3) is 5.76 Å². The van der Waals surface area contributed by atoms with Crippen LogP contribution in [0, 0.1) is 17.0 Å². The van der Waals surface area contributed by atoms with Crippen LogP contribution < -0.4 is 10.1 Å². The highest BCUT2D eigenvalue weighted by molar-refractivity contribution is 6.46. The lowest BCUT2D eigenvalue weighted by molar-refractivity contribution is -0.385. The Balaban J connectivity index is 1.89. The SMILES string of the molecule is Cc1ccc(/C([O-])=C2\C(=O)C(=O)N(Cc3ccc[nH+]c3)C2c2cccc([N+](=O)[O-])c2)cc1. The summed E-state index contributed by atoms with van der Waals surface area (Å²) >= 11 is 0. The van der Waals surface area contributed by atoms with E-state index >= 15 is 0 Å². The summed E-state index contributed by atoms with van der Waals surface area (Å²) in [6.45, 7) is 1.93. The van der Waals surface area contributed by atoms with Crippen molar-refractivity contribution >= 4 is 23.1 Å². The van der Waals surface area contributed by atoms with Gasteiger partial charge < -0.3 is 10.0 Å². The van der Waals surface area contributed by atoms with Crippen LogP contribution in [0.1, 0.15) is 28.3 Å². The number of likely N-dealkylation sites (tertiary alicyclic amines) is 1. The van der Waals surface area contributed by atoms with Crippen LogP contribution in [-0.4, -0.2) is 21.5 Å². The highest BCUT2D eigenvalue weighted by Gasteiger charge is 2.44. The van der Waals surface area contributed by atoms with Crippen molar-refractivity contribution in [3.05, 3.63) is 111 Å². The number of pyridine rings is 1. The molecule has 160 valence electrons. The number of Topliss-reactive ketones (excluding diaryl/α,β-unsaturated/α-hetero) is 1. The fourth-order valence-electron chi connectivity index (χ4n) is 3.77. The normalized spacial score (nSPS) is 17.5. The molecular formula is C24H19N3O5. The van der Waals surface area contributed by atoms with Crippen LogP contribution in [0.4, 0.5) is 5.69 Å². The number of rotatable bonds is 5. The average molecular weight is 429 g/mol. The Kier molecular flexibility index (Phi) is 5.51. The molecule has 0 spiro atoms. The van der Waals surface area contributed by atoms with Crippen molar-refractivity contribution < 1.29 is 24.6 Å². The molecule has 3 aromatic rings. The number of ketones is 1. The Morgan fingerprint density at radius 3 is 2.50 bits per heavy atom. The third kappa shape index (κ3) is 3.85. The summed E-state index contributed by atoms with van der Waals surface area (Å²) in [6.07, 6.45) is 3.39. The number of benzene rings is 2. The largest absolute Gasteiger partial charge is 0.872 e. The summed E-state index contributed by atoms with van der Waals surface area (Å²) < 4.78 is 0. The van der Waals surface area contributed by atoms with E-state index < -0.39 is 28.4 Å². The minimum atomic E-state index is -1.04. The van der Waals surface area contributed by atoms with Crippen LogP contribution >= 0.6 is 0 Å². The highest BCUT2D eigenvalue weighted by atomic mass is 16.6. The molecule has 1 aliphatic heterocycles. The molecule has 0 saturated carbocycles. The summed E-state index contributed by atoms with van der Waals surface area (Å²) in [4.78, 5) is 40.9. The number of carbonyl (C=O) groups excluding carboxylic acids is 2. The number of nitro groups is 1. The monoisotopic (exact) mass is 429 g/mol. The Morgan fingerprint density at radius 1 is 1.09 bits per heavy atom. The van der Waals surface area contributed by atoms with Gasteiger partial charge in [-0.15, -0.1) is 0 Å². The Hall–Kier alpha value is -4.33. The van der Waals surface area contributed by atoms with Crippen molar-refractivity contribution in [2.45, 2.75) is 19.5 Å². The third-order valence-electron chi connectivity index (χ3n) is 5.36. The first-order valence-corrected chi connectivity index (χ1v) is 9.89. The van der Waals surface area contributed by atoms with Gasteiger partial charge in [0.2, 0.25) is 5.78 Å². The fourth-order valence-corrected chi connectivity index (χ4v) is 3.77. The number of nitrogens with zero attached hydrogens (tertiary/aromatic N) is 2. The standard InChI is InChI=1S/C24H19N3O5/c1-15-7-9-17(10-8-15)22(28)20-21(18-5-2-6-19(12-18)27(31)32)26(24(30)23(20)29)14-16-4-3-11-25-13-16/h2-13,21,28H,14H2,1H3/b22-20+. The lowest BCUT2D eigenvalue weighted by atomic mass is 9.94. The second-order valence-corrected chi connectivity index (χ2v) is 7.54. The molecule has 1 atom stereocenters. The van der Waals surface area contributed by atoms with Crippen LogP contribution in [0.3, 0.4) is 0 Å². The first-order chi connectivity index (χ1) is 15.4. The van der Waals surface area contributed by atoms with Gasteiger partial charge >= 0.3 is 0 Å². The van der Waals surface area contributed by atoms with E-state index in [1.165, 1.54) is 23.1 Å². The van der Waals surface area contributed by atoms with Gasteiger partial charge in [-0.1, -0.05) is 47.7 Å². The first-order valence-electron chi connectivity index (χ1n) is 9.89. The van der Waals surface area contributed by atoms with Gasteiger partial charge in [0.25, 0.3) is 11.6 Å². The molecule has 1 unspecified atom stereocenters. The Morgan fingerprint density at radius 2 is 1.84 bits per heavy atom. The van der Waals surface area contributed by atoms with Crippen molar-refractivity contribution in [2.24, 2.45) is 0 Å². The maximum absolute atomic E-state index is 13.3.